The fourth-order valence-electron chi connectivity index (χ4n) is 2.02. The Hall–Kier alpha value is -1.81. The number of carbonyl (C=O) groups is 1. The van der Waals surface area contributed by atoms with Gasteiger partial charge in [0.2, 0.25) is 5.91 Å². The van der Waals surface area contributed by atoms with E-state index in [1.807, 2.05) is 31.2 Å². The maximum Gasteiger partial charge on any atom is 0.224 e. The molecule has 5 heteroatoms. The van der Waals surface area contributed by atoms with Gasteiger partial charge in [-0.3, -0.25) is 9.89 Å². The summed E-state index contributed by atoms with van der Waals surface area (Å²) < 4.78 is 0. The zero-order chi connectivity index (χ0) is 14.5. The molecule has 2 aromatic rings. The quantitative estimate of drug-likeness (QED) is 0.874. The third kappa shape index (κ3) is 3.20. The SMILES string of the molecule is CCCc1[nH]nc(-c2cccc(Cl)c2)c1NC(=O)CC. The van der Waals surface area contributed by atoms with E-state index in [-0.39, 0.29) is 5.91 Å². The molecular formula is C15H18ClN3O. The zero-order valence-electron chi connectivity index (χ0n) is 11.7. The first-order valence-electron chi connectivity index (χ1n) is 6.78. The Morgan fingerprint density at radius 2 is 2.20 bits per heavy atom. The molecule has 1 heterocycles. The summed E-state index contributed by atoms with van der Waals surface area (Å²) >= 11 is 6.02. The number of aryl methyl sites for hydroxylation is 1. The van der Waals surface area contributed by atoms with Gasteiger partial charge in [0.15, 0.2) is 0 Å². The smallest absolute Gasteiger partial charge is 0.224 e. The summed E-state index contributed by atoms with van der Waals surface area (Å²) in [4.78, 5) is 11.7. The first kappa shape index (κ1) is 14.6. The van der Waals surface area contributed by atoms with Crippen LogP contribution in [0.15, 0.2) is 24.3 Å². The molecule has 2 N–H and O–H groups in total. The fourth-order valence-corrected chi connectivity index (χ4v) is 2.21. The van der Waals surface area contributed by atoms with Crippen LogP contribution in [0.1, 0.15) is 32.4 Å². The minimum atomic E-state index is -0.0213. The van der Waals surface area contributed by atoms with Crippen molar-refractivity contribution < 1.29 is 4.79 Å². The van der Waals surface area contributed by atoms with Crippen molar-refractivity contribution in [2.75, 3.05) is 5.32 Å². The van der Waals surface area contributed by atoms with Crippen LogP contribution in [0.2, 0.25) is 5.02 Å². The zero-order valence-corrected chi connectivity index (χ0v) is 12.4. The van der Waals surface area contributed by atoms with Crippen molar-refractivity contribution in [2.45, 2.75) is 33.1 Å². The van der Waals surface area contributed by atoms with Crippen LogP contribution in [0, 0.1) is 0 Å². The number of anilines is 1. The lowest BCUT2D eigenvalue weighted by molar-refractivity contribution is -0.115. The molecule has 1 aromatic heterocycles. The molecule has 2 rings (SSSR count). The van der Waals surface area contributed by atoms with Gasteiger partial charge in [-0.05, 0) is 18.6 Å². The number of hydrogen-bond donors (Lipinski definition) is 2. The number of aromatic nitrogens is 2. The normalized spacial score (nSPS) is 10.6. The number of aromatic amines is 1. The van der Waals surface area contributed by atoms with E-state index in [1.165, 1.54) is 0 Å². The van der Waals surface area contributed by atoms with Gasteiger partial charge in [-0.1, -0.05) is 44.0 Å². The van der Waals surface area contributed by atoms with E-state index in [2.05, 4.69) is 22.4 Å². The Morgan fingerprint density at radius 3 is 2.85 bits per heavy atom. The molecule has 0 radical (unpaired) electrons. The average Bonchev–Trinajstić information content (AvgIpc) is 2.82. The van der Waals surface area contributed by atoms with Crippen LogP contribution in [0.5, 0.6) is 0 Å². The highest BCUT2D eigenvalue weighted by Crippen LogP contribution is 2.31. The molecule has 0 fully saturated rings. The van der Waals surface area contributed by atoms with Crippen LogP contribution >= 0.6 is 11.6 Å². The van der Waals surface area contributed by atoms with Gasteiger partial charge in [-0.25, -0.2) is 0 Å². The number of hydrogen-bond acceptors (Lipinski definition) is 2. The minimum Gasteiger partial charge on any atom is -0.323 e. The fraction of sp³-hybridized carbons (Fsp3) is 0.333. The average molecular weight is 292 g/mol. The molecule has 0 saturated heterocycles. The second-order valence-corrected chi connectivity index (χ2v) is 5.02. The molecule has 0 spiro atoms. The second kappa shape index (κ2) is 6.57. The van der Waals surface area contributed by atoms with Gasteiger partial charge in [0.1, 0.15) is 5.69 Å². The number of H-pyrrole nitrogens is 1. The molecule has 0 aliphatic rings. The van der Waals surface area contributed by atoms with Crippen LogP contribution < -0.4 is 5.32 Å². The van der Waals surface area contributed by atoms with E-state index in [0.29, 0.717) is 11.4 Å². The van der Waals surface area contributed by atoms with Crippen molar-refractivity contribution in [3.05, 3.63) is 35.0 Å². The van der Waals surface area contributed by atoms with E-state index in [1.54, 1.807) is 0 Å². The first-order valence-corrected chi connectivity index (χ1v) is 7.16. The molecule has 0 aliphatic carbocycles. The van der Waals surface area contributed by atoms with Gasteiger partial charge >= 0.3 is 0 Å². The highest BCUT2D eigenvalue weighted by Gasteiger charge is 2.16. The van der Waals surface area contributed by atoms with Crippen LogP contribution in [-0.2, 0) is 11.2 Å². The van der Waals surface area contributed by atoms with Crippen molar-refractivity contribution in [1.29, 1.82) is 0 Å². The van der Waals surface area contributed by atoms with Crippen LogP contribution in [0.25, 0.3) is 11.3 Å². The molecule has 0 bridgehead atoms. The molecule has 106 valence electrons. The third-order valence-electron chi connectivity index (χ3n) is 3.02. The van der Waals surface area contributed by atoms with Gasteiger partial charge in [0, 0.05) is 17.0 Å². The Bertz CT molecular complexity index is 607. The highest BCUT2D eigenvalue weighted by atomic mass is 35.5. The summed E-state index contributed by atoms with van der Waals surface area (Å²) in [6.07, 6.45) is 2.25. The molecule has 1 aromatic carbocycles. The largest absolute Gasteiger partial charge is 0.323 e. The summed E-state index contributed by atoms with van der Waals surface area (Å²) in [5, 5.41) is 10.9. The van der Waals surface area contributed by atoms with E-state index >= 15 is 0 Å². The van der Waals surface area contributed by atoms with Crippen LogP contribution in [0.3, 0.4) is 0 Å². The summed E-state index contributed by atoms with van der Waals surface area (Å²) in [5.74, 6) is -0.0213. The monoisotopic (exact) mass is 291 g/mol. The second-order valence-electron chi connectivity index (χ2n) is 4.59. The lowest BCUT2D eigenvalue weighted by atomic mass is 10.1. The van der Waals surface area contributed by atoms with Crippen molar-refractivity contribution in [2.24, 2.45) is 0 Å². The summed E-state index contributed by atoms with van der Waals surface area (Å²) in [6.45, 7) is 3.92. The standard InChI is InChI=1S/C15H18ClN3O/c1-3-6-12-15(17-13(20)4-2)14(19-18-12)10-7-5-8-11(16)9-10/h5,7-9H,3-4,6H2,1-2H3,(H,17,20)(H,18,19). The number of halogens is 1. The number of nitrogens with one attached hydrogen (secondary N) is 2. The Labute approximate surface area is 123 Å². The molecule has 0 unspecified atom stereocenters. The Balaban J connectivity index is 2.44. The van der Waals surface area contributed by atoms with E-state index < -0.39 is 0 Å². The number of amides is 1. The number of rotatable bonds is 5. The molecule has 4 nitrogen and oxygen atoms in total. The van der Waals surface area contributed by atoms with E-state index in [0.717, 1.165) is 35.5 Å². The lowest BCUT2D eigenvalue weighted by Crippen LogP contribution is -2.11. The topological polar surface area (TPSA) is 57.8 Å². The van der Waals surface area contributed by atoms with Gasteiger partial charge in [0.05, 0.1) is 11.4 Å². The predicted octanol–water partition coefficient (Wildman–Crippen LogP) is 4.03. The maximum atomic E-state index is 11.7. The van der Waals surface area contributed by atoms with Crippen molar-refractivity contribution in [3.8, 4) is 11.3 Å². The maximum absolute atomic E-state index is 11.7. The van der Waals surface area contributed by atoms with Crippen molar-refractivity contribution >= 4 is 23.2 Å². The number of benzene rings is 1. The van der Waals surface area contributed by atoms with Crippen molar-refractivity contribution in [3.63, 3.8) is 0 Å². The van der Waals surface area contributed by atoms with E-state index in [4.69, 9.17) is 11.6 Å². The van der Waals surface area contributed by atoms with Gasteiger partial charge in [-0.2, -0.15) is 5.10 Å². The predicted molar refractivity (Wildman–Crippen MR) is 81.9 cm³/mol. The molecule has 0 aliphatic heterocycles. The molecule has 0 saturated carbocycles. The lowest BCUT2D eigenvalue weighted by Gasteiger charge is -2.07. The van der Waals surface area contributed by atoms with Crippen LogP contribution in [-0.4, -0.2) is 16.1 Å². The summed E-state index contributed by atoms with van der Waals surface area (Å²) in [5.41, 5.74) is 3.34. The van der Waals surface area contributed by atoms with Gasteiger partial charge in [0.25, 0.3) is 0 Å². The highest BCUT2D eigenvalue weighted by molar-refractivity contribution is 6.30. The van der Waals surface area contributed by atoms with Crippen LogP contribution in [0.4, 0.5) is 5.69 Å². The summed E-state index contributed by atoms with van der Waals surface area (Å²) in [7, 11) is 0. The minimum absolute atomic E-state index is 0.0213. The van der Waals surface area contributed by atoms with Gasteiger partial charge in [-0.15, -0.1) is 0 Å². The molecule has 1 amide bonds. The number of nitrogens with zero attached hydrogens (tertiary/aromatic N) is 1. The first-order chi connectivity index (χ1) is 9.65. The summed E-state index contributed by atoms with van der Waals surface area (Å²) in [6, 6.07) is 7.46. The Morgan fingerprint density at radius 1 is 1.40 bits per heavy atom. The van der Waals surface area contributed by atoms with Crippen molar-refractivity contribution in [1.82, 2.24) is 10.2 Å². The number of carbonyl (C=O) groups excluding carboxylic acids is 1. The van der Waals surface area contributed by atoms with E-state index in [9.17, 15) is 4.79 Å². The molecule has 0 atom stereocenters. The molecule has 20 heavy (non-hydrogen) atoms. The van der Waals surface area contributed by atoms with Gasteiger partial charge < -0.3 is 5.32 Å². The molecular weight excluding hydrogens is 274 g/mol. The third-order valence-corrected chi connectivity index (χ3v) is 3.26. The Kier molecular flexibility index (Phi) is 4.79.